The summed E-state index contributed by atoms with van der Waals surface area (Å²) in [6.07, 6.45) is 9.62. The van der Waals surface area contributed by atoms with Gasteiger partial charge in [-0.25, -0.2) is 9.42 Å². The number of non-ortho nitro benzene ring substituents is 1. The highest BCUT2D eigenvalue weighted by Gasteiger charge is 2.60. The summed E-state index contributed by atoms with van der Waals surface area (Å²) in [5.74, 6) is 1.14. The summed E-state index contributed by atoms with van der Waals surface area (Å²) in [6.45, 7) is 7.49. The molecule has 4 aliphatic carbocycles. The van der Waals surface area contributed by atoms with Crippen molar-refractivity contribution in [2.24, 2.45) is 51.5 Å². The van der Waals surface area contributed by atoms with Crippen molar-refractivity contribution in [2.45, 2.75) is 110 Å². The van der Waals surface area contributed by atoms with Crippen molar-refractivity contribution in [2.75, 3.05) is 18.5 Å². The lowest BCUT2D eigenvalue weighted by Gasteiger charge is -2.61. The summed E-state index contributed by atoms with van der Waals surface area (Å²) in [5.41, 5.74) is 8.57. The fraction of sp³-hybridized carbons (Fsp3) is 0.750. The second-order valence-electron chi connectivity index (χ2n) is 16.1. The van der Waals surface area contributed by atoms with Gasteiger partial charge in [-0.2, -0.15) is 0 Å². The number of nitro groups is 1. The minimum Gasteiger partial charge on any atom is -0.481 e. The van der Waals surface area contributed by atoms with Crippen LogP contribution in [0.2, 0.25) is 0 Å². The van der Waals surface area contributed by atoms with Crippen molar-refractivity contribution in [3.05, 3.63) is 32.7 Å². The summed E-state index contributed by atoms with van der Waals surface area (Å²) in [7, 11) is 0. The average molecular weight is 724 g/mol. The van der Waals surface area contributed by atoms with Crippen molar-refractivity contribution >= 4 is 40.3 Å². The number of carboxylic acid groups (broad SMARTS) is 1. The first-order valence-electron chi connectivity index (χ1n) is 18.6. The maximum absolute atomic E-state index is 13.5. The van der Waals surface area contributed by atoms with Crippen LogP contribution in [-0.4, -0.2) is 63.5 Å². The first-order valence-corrected chi connectivity index (χ1v) is 18.6. The van der Waals surface area contributed by atoms with E-state index in [0.29, 0.717) is 48.3 Å². The van der Waals surface area contributed by atoms with Gasteiger partial charge in [-0.15, -0.1) is 0 Å². The summed E-state index contributed by atoms with van der Waals surface area (Å²) in [4.78, 5) is 51.1. The van der Waals surface area contributed by atoms with E-state index < -0.39 is 29.3 Å². The highest BCUT2D eigenvalue weighted by Crippen LogP contribution is 2.68. The molecule has 16 heteroatoms. The van der Waals surface area contributed by atoms with E-state index in [1.54, 1.807) is 0 Å². The number of carbonyl (C=O) groups excluding carboxylic acids is 2. The van der Waals surface area contributed by atoms with Gasteiger partial charge in [0, 0.05) is 17.4 Å². The Morgan fingerprint density at radius 2 is 1.87 bits per heavy atom. The van der Waals surface area contributed by atoms with Crippen molar-refractivity contribution < 1.29 is 38.5 Å². The molecule has 1 aromatic heterocycles. The number of nitrogens with zero attached hydrogens (tertiary/aromatic N) is 6. The molecular formula is C36H49N7O9. The molecule has 16 nitrogen and oxygen atoms in total. The van der Waals surface area contributed by atoms with Crippen molar-refractivity contribution in [1.29, 1.82) is 0 Å². The molecule has 1 unspecified atom stereocenters. The molecule has 2 aromatic rings. The summed E-state index contributed by atoms with van der Waals surface area (Å²) in [5, 5.41) is 34.7. The van der Waals surface area contributed by atoms with Crippen LogP contribution in [0.3, 0.4) is 0 Å². The third kappa shape index (κ3) is 7.26. The zero-order valence-corrected chi connectivity index (χ0v) is 30.1. The van der Waals surface area contributed by atoms with Gasteiger partial charge in [0.25, 0.3) is 0 Å². The third-order valence-electron chi connectivity index (χ3n) is 13.6. The third-order valence-corrected chi connectivity index (χ3v) is 13.6. The van der Waals surface area contributed by atoms with Crippen LogP contribution in [0.4, 0.5) is 11.4 Å². The number of rotatable bonds is 14. The van der Waals surface area contributed by atoms with Crippen LogP contribution in [0.15, 0.2) is 21.9 Å². The lowest BCUT2D eigenvalue weighted by Crippen LogP contribution is -2.54. The molecule has 4 fully saturated rings. The number of azide groups is 1. The Bertz CT molecular complexity index is 1730. The number of ether oxygens (including phenoxy) is 2. The largest absolute Gasteiger partial charge is 0.481 e. The molecule has 4 aliphatic rings. The SMILES string of the molecule is C[C@H](CCC(=O)OCCN=[N+]=[N-])C1CC[C@H]2[C@@H]3CC[C@@H]4C[C@H](OC(=O)[C@H](CC(=O)O)Nc5ccc([N+](=O)[O-])c6nonc56)CC[C@]4(C)[C@H]3CC[C@]12C. The Morgan fingerprint density at radius 1 is 1.12 bits per heavy atom. The Labute approximate surface area is 301 Å². The summed E-state index contributed by atoms with van der Waals surface area (Å²) >= 11 is 0. The molecule has 0 bridgehead atoms. The molecular weight excluding hydrogens is 674 g/mol. The second kappa shape index (κ2) is 15.3. The van der Waals surface area contributed by atoms with Crippen LogP contribution >= 0.6 is 0 Å². The van der Waals surface area contributed by atoms with Gasteiger partial charge in [-0.1, -0.05) is 25.9 Å². The number of anilines is 1. The second-order valence-corrected chi connectivity index (χ2v) is 16.1. The first kappa shape index (κ1) is 37.3. The number of fused-ring (bicyclic) bond motifs is 6. The molecule has 1 heterocycles. The van der Waals surface area contributed by atoms with E-state index in [-0.39, 0.29) is 58.5 Å². The highest BCUT2D eigenvalue weighted by atomic mass is 16.6. The standard InChI is InChI=1S/C36H49N7O9/c1-20(4-11-31(46)50-17-16-38-42-37)24-7-8-25-23-6-5-21-18-22(12-14-35(21,2)26(23)13-15-36(24,25)3)51-34(47)28(19-30(44)45)39-27-9-10-29(43(48)49)33-32(27)40-52-41-33/h9-10,20-26,28,39H,4-8,11-19H2,1-3H3,(H,44,45)/t20-,21-,22-,23+,24?,25+,26+,28+,35+,36-/m1/s1. The molecule has 0 amide bonds. The molecule has 1 aromatic carbocycles. The molecule has 2 N–H and O–H groups in total. The van der Waals surface area contributed by atoms with Crippen LogP contribution in [0.1, 0.15) is 97.8 Å². The number of aliphatic carboxylic acids is 1. The molecule has 0 aliphatic heterocycles. The molecule has 4 saturated carbocycles. The van der Waals surface area contributed by atoms with Gasteiger partial charge < -0.3 is 19.9 Å². The number of nitro benzene ring substituents is 1. The number of nitrogens with one attached hydrogen (secondary N) is 1. The van der Waals surface area contributed by atoms with Crippen LogP contribution < -0.4 is 5.32 Å². The molecule has 10 atom stereocenters. The number of hydrogen-bond acceptors (Lipinski definition) is 12. The van der Waals surface area contributed by atoms with Crippen LogP contribution in [-0.2, 0) is 23.9 Å². The van der Waals surface area contributed by atoms with Crippen LogP contribution in [0, 0.1) is 56.5 Å². The molecule has 0 radical (unpaired) electrons. The number of hydrogen-bond donors (Lipinski definition) is 2. The lowest BCUT2D eigenvalue weighted by molar-refractivity contribution is -0.383. The van der Waals surface area contributed by atoms with Crippen LogP contribution in [0.5, 0.6) is 0 Å². The van der Waals surface area contributed by atoms with Gasteiger partial charge in [0.15, 0.2) is 5.52 Å². The van der Waals surface area contributed by atoms with Gasteiger partial charge in [-0.05, 0) is 132 Å². The van der Waals surface area contributed by atoms with E-state index in [0.717, 1.165) is 32.1 Å². The number of esters is 2. The predicted molar refractivity (Wildman–Crippen MR) is 187 cm³/mol. The van der Waals surface area contributed by atoms with E-state index in [1.165, 1.54) is 37.8 Å². The average Bonchev–Trinajstić information content (AvgIpc) is 3.74. The highest BCUT2D eigenvalue weighted by molar-refractivity contribution is 5.95. The molecule has 6 rings (SSSR count). The number of aromatic nitrogens is 2. The van der Waals surface area contributed by atoms with Crippen molar-refractivity contribution in [3.63, 3.8) is 0 Å². The molecule has 0 spiro atoms. The first-order chi connectivity index (χ1) is 24.9. The molecule has 52 heavy (non-hydrogen) atoms. The van der Waals surface area contributed by atoms with Gasteiger partial charge in [-0.3, -0.25) is 19.7 Å². The zero-order valence-electron chi connectivity index (χ0n) is 30.1. The van der Waals surface area contributed by atoms with Crippen LogP contribution in [0.25, 0.3) is 21.5 Å². The monoisotopic (exact) mass is 723 g/mol. The summed E-state index contributed by atoms with van der Waals surface area (Å²) in [6, 6.07) is 1.31. The Morgan fingerprint density at radius 3 is 2.62 bits per heavy atom. The molecule has 282 valence electrons. The van der Waals surface area contributed by atoms with E-state index >= 15 is 0 Å². The van der Waals surface area contributed by atoms with E-state index in [2.05, 4.69) is 46.4 Å². The smallest absolute Gasteiger partial charge is 0.329 e. The van der Waals surface area contributed by atoms with E-state index in [4.69, 9.17) is 19.6 Å². The minimum absolute atomic E-state index is 0.0225. The Kier molecular flexibility index (Phi) is 10.9. The number of carbonyl (C=O) groups is 3. The van der Waals surface area contributed by atoms with Crippen molar-refractivity contribution in [3.8, 4) is 0 Å². The van der Waals surface area contributed by atoms with Gasteiger partial charge in [0.1, 0.15) is 12.1 Å². The summed E-state index contributed by atoms with van der Waals surface area (Å²) < 4.78 is 16.0. The Balaban J connectivity index is 1.06. The minimum atomic E-state index is -1.24. The van der Waals surface area contributed by atoms with Gasteiger partial charge in [0.2, 0.25) is 5.52 Å². The van der Waals surface area contributed by atoms with E-state index in [9.17, 15) is 29.6 Å². The topological polar surface area (TPSA) is 233 Å². The number of carboxylic acids is 1. The predicted octanol–water partition coefficient (Wildman–Crippen LogP) is 7.23. The van der Waals surface area contributed by atoms with Crippen molar-refractivity contribution in [1.82, 2.24) is 10.3 Å². The Hall–Kier alpha value is -4.46. The van der Waals surface area contributed by atoms with E-state index in [1.807, 2.05) is 0 Å². The lowest BCUT2D eigenvalue weighted by atomic mass is 9.44. The van der Waals surface area contributed by atoms with Gasteiger partial charge in [0.05, 0.1) is 30.2 Å². The molecule has 0 saturated heterocycles. The number of benzene rings is 1. The quantitative estimate of drug-likeness (QED) is 0.0374. The zero-order chi connectivity index (χ0) is 37.2. The normalized spacial score (nSPS) is 31.9. The van der Waals surface area contributed by atoms with Gasteiger partial charge >= 0.3 is 23.6 Å². The maximum Gasteiger partial charge on any atom is 0.329 e. The fourth-order valence-electron chi connectivity index (χ4n) is 11.1. The maximum atomic E-state index is 13.5. The fourth-order valence-corrected chi connectivity index (χ4v) is 11.1.